The van der Waals surface area contributed by atoms with Crippen molar-refractivity contribution in [3.05, 3.63) is 29.8 Å². The van der Waals surface area contributed by atoms with Gasteiger partial charge in [-0.15, -0.1) is 0 Å². The Balaban J connectivity index is 2.78. The standard InChI is InChI=1S/C13H20O3/c1-4-12(14)11-7-5-6-8-13(11)16-10(2)9-15-3/h5-8,10,12,14H,4,9H2,1-3H3. The van der Waals surface area contributed by atoms with Gasteiger partial charge in [0, 0.05) is 12.7 Å². The Bertz CT molecular complexity index is 312. The van der Waals surface area contributed by atoms with Gasteiger partial charge in [-0.25, -0.2) is 0 Å². The number of aliphatic hydroxyl groups is 1. The predicted molar refractivity (Wildman–Crippen MR) is 63.7 cm³/mol. The molecule has 0 fully saturated rings. The third-order valence-electron chi connectivity index (χ3n) is 2.39. The molecule has 0 radical (unpaired) electrons. The van der Waals surface area contributed by atoms with E-state index in [2.05, 4.69) is 0 Å². The van der Waals surface area contributed by atoms with E-state index in [9.17, 15) is 5.11 Å². The molecule has 0 aliphatic rings. The van der Waals surface area contributed by atoms with Crippen LogP contribution in [0.2, 0.25) is 0 Å². The zero-order chi connectivity index (χ0) is 12.0. The van der Waals surface area contributed by atoms with Gasteiger partial charge in [0.25, 0.3) is 0 Å². The highest BCUT2D eigenvalue weighted by Gasteiger charge is 2.13. The highest BCUT2D eigenvalue weighted by molar-refractivity contribution is 5.35. The molecule has 90 valence electrons. The van der Waals surface area contributed by atoms with E-state index < -0.39 is 6.10 Å². The van der Waals surface area contributed by atoms with Crippen molar-refractivity contribution in [3.8, 4) is 5.75 Å². The highest BCUT2D eigenvalue weighted by Crippen LogP contribution is 2.27. The van der Waals surface area contributed by atoms with Crippen LogP contribution in [0.3, 0.4) is 0 Å². The number of hydrogen-bond acceptors (Lipinski definition) is 3. The average Bonchev–Trinajstić information content (AvgIpc) is 2.29. The van der Waals surface area contributed by atoms with E-state index in [1.165, 1.54) is 0 Å². The van der Waals surface area contributed by atoms with Gasteiger partial charge in [0.15, 0.2) is 0 Å². The van der Waals surface area contributed by atoms with Gasteiger partial charge in [-0.05, 0) is 19.4 Å². The van der Waals surface area contributed by atoms with Gasteiger partial charge in [0.05, 0.1) is 12.7 Å². The molecule has 0 saturated heterocycles. The molecule has 0 spiro atoms. The van der Waals surface area contributed by atoms with E-state index >= 15 is 0 Å². The quantitative estimate of drug-likeness (QED) is 0.807. The monoisotopic (exact) mass is 224 g/mol. The highest BCUT2D eigenvalue weighted by atomic mass is 16.5. The normalized spacial score (nSPS) is 14.5. The van der Waals surface area contributed by atoms with E-state index in [1.807, 2.05) is 38.1 Å². The minimum Gasteiger partial charge on any atom is -0.488 e. The van der Waals surface area contributed by atoms with Crippen molar-refractivity contribution in [1.82, 2.24) is 0 Å². The molecule has 16 heavy (non-hydrogen) atoms. The van der Waals surface area contributed by atoms with Crippen molar-refractivity contribution >= 4 is 0 Å². The van der Waals surface area contributed by atoms with Crippen LogP contribution in [-0.2, 0) is 4.74 Å². The first-order valence-corrected chi connectivity index (χ1v) is 5.61. The minimum absolute atomic E-state index is 0.0183. The maximum atomic E-state index is 9.84. The Kier molecular flexibility index (Phi) is 5.29. The van der Waals surface area contributed by atoms with E-state index in [4.69, 9.17) is 9.47 Å². The summed E-state index contributed by atoms with van der Waals surface area (Å²) in [7, 11) is 1.65. The van der Waals surface area contributed by atoms with Crippen molar-refractivity contribution in [3.63, 3.8) is 0 Å². The maximum Gasteiger partial charge on any atom is 0.125 e. The molecule has 0 bridgehead atoms. The number of hydrogen-bond donors (Lipinski definition) is 1. The van der Waals surface area contributed by atoms with Crippen LogP contribution in [0.4, 0.5) is 0 Å². The van der Waals surface area contributed by atoms with Crippen LogP contribution in [-0.4, -0.2) is 24.9 Å². The summed E-state index contributed by atoms with van der Waals surface area (Å²) in [6.07, 6.45) is 0.195. The first-order valence-electron chi connectivity index (χ1n) is 5.61. The molecule has 0 amide bonds. The van der Waals surface area contributed by atoms with Gasteiger partial charge in [-0.1, -0.05) is 25.1 Å². The topological polar surface area (TPSA) is 38.7 Å². The summed E-state index contributed by atoms with van der Waals surface area (Å²) in [6.45, 7) is 4.43. The first kappa shape index (κ1) is 13.0. The summed E-state index contributed by atoms with van der Waals surface area (Å²) in [5, 5.41) is 9.84. The molecule has 0 aromatic heterocycles. The second-order valence-corrected chi connectivity index (χ2v) is 3.85. The molecule has 2 atom stereocenters. The lowest BCUT2D eigenvalue weighted by Gasteiger charge is -2.18. The molecule has 1 N–H and O–H groups in total. The Morgan fingerprint density at radius 1 is 1.31 bits per heavy atom. The van der Waals surface area contributed by atoms with Crippen molar-refractivity contribution in [2.45, 2.75) is 32.5 Å². The molecule has 0 heterocycles. The van der Waals surface area contributed by atoms with Crippen LogP contribution >= 0.6 is 0 Å². The molecule has 1 aromatic rings. The van der Waals surface area contributed by atoms with Gasteiger partial charge in [0.2, 0.25) is 0 Å². The molecule has 2 unspecified atom stereocenters. The fourth-order valence-corrected chi connectivity index (χ4v) is 1.57. The van der Waals surface area contributed by atoms with Crippen molar-refractivity contribution < 1.29 is 14.6 Å². The Morgan fingerprint density at radius 3 is 2.62 bits per heavy atom. The second kappa shape index (κ2) is 6.51. The van der Waals surface area contributed by atoms with Crippen LogP contribution in [0, 0.1) is 0 Å². The molecule has 1 rings (SSSR count). The summed E-state index contributed by atoms with van der Waals surface area (Å²) in [5.41, 5.74) is 0.841. The number of rotatable bonds is 6. The van der Waals surface area contributed by atoms with E-state index in [0.717, 1.165) is 11.3 Å². The number of ether oxygens (including phenoxy) is 2. The van der Waals surface area contributed by atoms with Gasteiger partial charge in [-0.2, -0.15) is 0 Å². The lowest BCUT2D eigenvalue weighted by atomic mass is 10.1. The summed E-state index contributed by atoms with van der Waals surface area (Å²) in [5.74, 6) is 0.737. The molecule has 3 heteroatoms. The van der Waals surface area contributed by atoms with Gasteiger partial charge in [0.1, 0.15) is 11.9 Å². The average molecular weight is 224 g/mol. The van der Waals surface area contributed by atoms with Crippen LogP contribution < -0.4 is 4.74 Å². The lowest BCUT2D eigenvalue weighted by Crippen LogP contribution is -2.19. The van der Waals surface area contributed by atoms with Crippen molar-refractivity contribution in [2.24, 2.45) is 0 Å². The molecule has 3 nitrogen and oxygen atoms in total. The molecule has 0 aliphatic heterocycles. The lowest BCUT2D eigenvalue weighted by molar-refractivity contribution is 0.0876. The number of methoxy groups -OCH3 is 1. The largest absolute Gasteiger partial charge is 0.488 e. The summed E-state index contributed by atoms with van der Waals surface area (Å²) in [4.78, 5) is 0. The van der Waals surface area contributed by atoms with Gasteiger partial charge >= 0.3 is 0 Å². The minimum atomic E-state index is -0.467. The number of para-hydroxylation sites is 1. The van der Waals surface area contributed by atoms with Crippen molar-refractivity contribution in [1.29, 1.82) is 0 Å². The fourth-order valence-electron chi connectivity index (χ4n) is 1.57. The molecule has 1 aromatic carbocycles. The Morgan fingerprint density at radius 2 is 2.00 bits per heavy atom. The number of benzene rings is 1. The summed E-state index contributed by atoms with van der Waals surface area (Å²) in [6, 6.07) is 7.58. The maximum absolute atomic E-state index is 9.84. The zero-order valence-corrected chi connectivity index (χ0v) is 10.1. The summed E-state index contributed by atoms with van der Waals surface area (Å²) >= 11 is 0. The van der Waals surface area contributed by atoms with Gasteiger partial charge in [-0.3, -0.25) is 0 Å². The van der Waals surface area contributed by atoms with Crippen LogP contribution in [0.1, 0.15) is 31.9 Å². The Hall–Kier alpha value is -1.06. The molecule has 0 aliphatic carbocycles. The third-order valence-corrected chi connectivity index (χ3v) is 2.39. The smallest absolute Gasteiger partial charge is 0.125 e. The van der Waals surface area contributed by atoms with Crippen LogP contribution in [0.25, 0.3) is 0 Å². The molecule has 0 saturated carbocycles. The second-order valence-electron chi connectivity index (χ2n) is 3.85. The summed E-state index contributed by atoms with van der Waals surface area (Å²) < 4.78 is 10.7. The van der Waals surface area contributed by atoms with Gasteiger partial charge < -0.3 is 14.6 Å². The van der Waals surface area contributed by atoms with E-state index in [-0.39, 0.29) is 6.10 Å². The van der Waals surface area contributed by atoms with Crippen LogP contribution in [0.5, 0.6) is 5.75 Å². The number of aliphatic hydroxyl groups excluding tert-OH is 1. The van der Waals surface area contributed by atoms with Crippen LogP contribution in [0.15, 0.2) is 24.3 Å². The SMILES string of the molecule is CCC(O)c1ccccc1OC(C)COC. The third kappa shape index (κ3) is 3.51. The van der Waals surface area contributed by atoms with E-state index in [1.54, 1.807) is 7.11 Å². The first-order chi connectivity index (χ1) is 7.69. The molecular formula is C13H20O3. The zero-order valence-electron chi connectivity index (χ0n) is 10.1. The predicted octanol–water partition coefficient (Wildman–Crippen LogP) is 2.54. The fraction of sp³-hybridized carbons (Fsp3) is 0.538. The van der Waals surface area contributed by atoms with Crippen molar-refractivity contribution in [2.75, 3.05) is 13.7 Å². The molecular weight excluding hydrogens is 204 g/mol. The van der Waals surface area contributed by atoms with E-state index in [0.29, 0.717) is 13.0 Å². The Labute approximate surface area is 97.0 Å².